The summed E-state index contributed by atoms with van der Waals surface area (Å²) in [5.41, 5.74) is 0.831. The van der Waals surface area contributed by atoms with Gasteiger partial charge in [-0.05, 0) is 39.2 Å². The molecule has 0 aliphatic heterocycles. The minimum absolute atomic E-state index is 0.0664. The number of ether oxygens (including phenoxy) is 1. The predicted octanol–water partition coefficient (Wildman–Crippen LogP) is 1.90. The highest BCUT2D eigenvalue weighted by atomic mass is 16.5. The van der Waals surface area contributed by atoms with Gasteiger partial charge in [-0.15, -0.1) is 0 Å². The molecular formula is C20H29N5O3. The van der Waals surface area contributed by atoms with E-state index in [-0.39, 0.29) is 25.3 Å². The molecule has 0 spiro atoms. The number of para-hydroxylation sites is 1. The molecule has 0 aliphatic carbocycles. The maximum atomic E-state index is 12.2. The van der Waals surface area contributed by atoms with Gasteiger partial charge in [-0.25, -0.2) is 9.97 Å². The lowest BCUT2D eigenvalue weighted by Gasteiger charge is -2.17. The van der Waals surface area contributed by atoms with Gasteiger partial charge in [0.15, 0.2) is 5.82 Å². The number of fused-ring (bicyclic) bond motifs is 1. The molecule has 28 heavy (non-hydrogen) atoms. The zero-order valence-corrected chi connectivity index (χ0v) is 17.1. The molecule has 0 aliphatic rings. The van der Waals surface area contributed by atoms with Crippen molar-refractivity contribution >= 4 is 28.6 Å². The predicted molar refractivity (Wildman–Crippen MR) is 109 cm³/mol. The number of esters is 1. The van der Waals surface area contributed by atoms with Gasteiger partial charge in [0, 0.05) is 25.4 Å². The third-order valence-corrected chi connectivity index (χ3v) is 4.30. The summed E-state index contributed by atoms with van der Waals surface area (Å²) in [5, 5.41) is 4.35. The monoisotopic (exact) mass is 387 g/mol. The molecule has 1 heterocycles. The van der Waals surface area contributed by atoms with Gasteiger partial charge in [-0.3, -0.25) is 9.59 Å². The van der Waals surface area contributed by atoms with Crippen molar-refractivity contribution < 1.29 is 14.3 Å². The number of rotatable bonds is 10. The van der Waals surface area contributed by atoms with E-state index in [1.807, 2.05) is 38.4 Å². The van der Waals surface area contributed by atoms with E-state index in [1.54, 1.807) is 7.05 Å². The van der Waals surface area contributed by atoms with Crippen LogP contribution < -0.4 is 5.32 Å². The first-order chi connectivity index (χ1) is 13.4. The number of carbonyl (C=O) groups is 2. The molecule has 152 valence electrons. The molecular weight excluding hydrogens is 358 g/mol. The van der Waals surface area contributed by atoms with Gasteiger partial charge < -0.3 is 19.9 Å². The first-order valence-electron chi connectivity index (χ1n) is 9.35. The molecule has 0 unspecified atom stereocenters. The molecule has 1 N–H and O–H groups in total. The number of nitrogens with zero attached hydrogens (tertiary/aromatic N) is 4. The Morgan fingerprint density at radius 1 is 1.11 bits per heavy atom. The van der Waals surface area contributed by atoms with E-state index in [1.165, 1.54) is 12.0 Å². The highest BCUT2D eigenvalue weighted by Crippen LogP contribution is 2.20. The van der Waals surface area contributed by atoms with E-state index in [0.717, 1.165) is 36.2 Å². The molecule has 8 heteroatoms. The number of benzene rings is 1. The number of hydrogen-bond acceptors (Lipinski definition) is 7. The summed E-state index contributed by atoms with van der Waals surface area (Å²) in [7, 11) is 7.09. The van der Waals surface area contributed by atoms with Crippen LogP contribution in [0.1, 0.15) is 25.1 Å². The largest absolute Gasteiger partial charge is 0.469 e. The molecule has 0 bridgehead atoms. The summed E-state index contributed by atoms with van der Waals surface area (Å²) in [6, 6.07) is 7.81. The van der Waals surface area contributed by atoms with Gasteiger partial charge in [0.25, 0.3) is 0 Å². The molecule has 1 aromatic heterocycles. The SMILES string of the molecule is COC(=O)CCC(=O)N(C)Cc1nc(NCCCN(C)C)c2ccccc2n1. The van der Waals surface area contributed by atoms with Crippen molar-refractivity contribution in [2.75, 3.05) is 46.7 Å². The minimum atomic E-state index is -0.395. The Morgan fingerprint density at radius 2 is 1.86 bits per heavy atom. The maximum Gasteiger partial charge on any atom is 0.306 e. The third-order valence-electron chi connectivity index (χ3n) is 4.30. The van der Waals surface area contributed by atoms with Crippen LogP contribution in [0.15, 0.2) is 24.3 Å². The molecule has 1 aromatic carbocycles. The van der Waals surface area contributed by atoms with E-state index >= 15 is 0 Å². The van der Waals surface area contributed by atoms with Crippen molar-refractivity contribution in [1.82, 2.24) is 19.8 Å². The average Bonchev–Trinajstić information content (AvgIpc) is 2.68. The van der Waals surface area contributed by atoms with E-state index < -0.39 is 5.97 Å². The van der Waals surface area contributed by atoms with E-state index in [0.29, 0.717) is 5.82 Å². The highest BCUT2D eigenvalue weighted by molar-refractivity contribution is 5.89. The highest BCUT2D eigenvalue weighted by Gasteiger charge is 2.15. The summed E-state index contributed by atoms with van der Waals surface area (Å²) in [5.74, 6) is 0.785. The van der Waals surface area contributed by atoms with Gasteiger partial charge in [0.05, 0.1) is 25.6 Å². The number of nitrogens with one attached hydrogen (secondary N) is 1. The smallest absolute Gasteiger partial charge is 0.306 e. The molecule has 2 aromatic rings. The van der Waals surface area contributed by atoms with Crippen LogP contribution in [-0.4, -0.2) is 73.0 Å². The lowest BCUT2D eigenvalue weighted by molar-refractivity contribution is -0.143. The first kappa shape index (κ1) is 21.6. The van der Waals surface area contributed by atoms with Crippen molar-refractivity contribution in [2.24, 2.45) is 0 Å². The van der Waals surface area contributed by atoms with Crippen molar-refractivity contribution in [3.8, 4) is 0 Å². The van der Waals surface area contributed by atoms with E-state index in [2.05, 4.69) is 24.9 Å². The van der Waals surface area contributed by atoms with Gasteiger partial charge in [-0.2, -0.15) is 0 Å². The summed E-state index contributed by atoms with van der Waals surface area (Å²) < 4.78 is 4.58. The van der Waals surface area contributed by atoms with Crippen LogP contribution in [0, 0.1) is 0 Å². The number of anilines is 1. The molecule has 0 saturated heterocycles. The van der Waals surface area contributed by atoms with Gasteiger partial charge in [0.1, 0.15) is 5.82 Å². The molecule has 8 nitrogen and oxygen atoms in total. The Hall–Kier alpha value is -2.74. The van der Waals surface area contributed by atoms with E-state index in [4.69, 9.17) is 0 Å². The van der Waals surface area contributed by atoms with Crippen molar-refractivity contribution in [1.29, 1.82) is 0 Å². The molecule has 0 atom stereocenters. The molecule has 0 saturated carbocycles. The second kappa shape index (κ2) is 10.6. The summed E-state index contributed by atoms with van der Waals surface area (Å²) in [6.45, 7) is 2.06. The Morgan fingerprint density at radius 3 is 2.57 bits per heavy atom. The van der Waals surface area contributed by atoms with Gasteiger partial charge >= 0.3 is 5.97 Å². The van der Waals surface area contributed by atoms with Crippen LogP contribution in [0.4, 0.5) is 5.82 Å². The molecule has 0 radical (unpaired) electrons. The first-order valence-corrected chi connectivity index (χ1v) is 9.35. The second-order valence-electron chi connectivity index (χ2n) is 6.92. The zero-order valence-electron chi connectivity index (χ0n) is 17.1. The van der Waals surface area contributed by atoms with Crippen LogP contribution in [-0.2, 0) is 20.9 Å². The quantitative estimate of drug-likeness (QED) is 0.492. The Labute approximate surface area is 165 Å². The third kappa shape index (κ3) is 6.45. The number of aromatic nitrogens is 2. The lowest BCUT2D eigenvalue weighted by Crippen LogP contribution is -2.27. The minimum Gasteiger partial charge on any atom is -0.469 e. The van der Waals surface area contributed by atoms with Crippen molar-refractivity contribution in [3.63, 3.8) is 0 Å². The van der Waals surface area contributed by atoms with Gasteiger partial charge in [0.2, 0.25) is 5.91 Å². The van der Waals surface area contributed by atoms with Gasteiger partial charge in [-0.1, -0.05) is 12.1 Å². The van der Waals surface area contributed by atoms with Crippen molar-refractivity contribution in [3.05, 3.63) is 30.1 Å². The molecule has 1 amide bonds. The number of amides is 1. The zero-order chi connectivity index (χ0) is 20.5. The maximum absolute atomic E-state index is 12.2. The Balaban J connectivity index is 2.09. The lowest BCUT2D eigenvalue weighted by atomic mass is 10.2. The van der Waals surface area contributed by atoms with Crippen LogP contribution in [0.25, 0.3) is 10.9 Å². The topological polar surface area (TPSA) is 87.7 Å². The molecule has 2 rings (SSSR count). The standard InChI is InChI=1S/C20H29N5O3/c1-24(2)13-7-12-21-20-15-8-5-6-9-16(15)22-17(23-20)14-25(3)18(26)10-11-19(27)28-4/h5-6,8-9H,7,10-14H2,1-4H3,(H,21,22,23). The van der Waals surface area contributed by atoms with E-state index in [9.17, 15) is 9.59 Å². The summed E-state index contributed by atoms with van der Waals surface area (Å²) >= 11 is 0. The van der Waals surface area contributed by atoms with Crippen molar-refractivity contribution in [2.45, 2.75) is 25.8 Å². The van der Waals surface area contributed by atoms with Crippen LogP contribution in [0.5, 0.6) is 0 Å². The number of carbonyl (C=O) groups excluding carboxylic acids is 2. The Kier molecular flexibility index (Phi) is 8.13. The van der Waals surface area contributed by atoms with Crippen LogP contribution in [0.2, 0.25) is 0 Å². The molecule has 0 fully saturated rings. The normalized spacial score (nSPS) is 10.9. The number of methoxy groups -OCH3 is 1. The Bertz CT molecular complexity index is 810. The fourth-order valence-electron chi connectivity index (χ4n) is 2.73. The summed E-state index contributed by atoms with van der Waals surface area (Å²) in [6.07, 6.45) is 1.16. The van der Waals surface area contributed by atoms with Crippen LogP contribution >= 0.6 is 0 Å². The van der Waals surface area contributed by atoms with Crippen LogP contribution in [0.3, 0.4) is 0 Å². The summed E-state index contributed by atoms with van der Waals surface area (Å²) in [4.78, 5) is 36.3. The number of hydrogen-bond donors (Lipinski definition) is 1. The average molecular weight is 387 g/mol. The fourth-order valence-corrected chi connectivity index (χ4v) is 2.73. The fraction of sp³-hybridized carbons (Fsp3) is 0.500. The second-order valence-corrected chi connectivity index (χ2v) is 6.92.